The molecule has 0 radical (unpaired) electrons. The minimum atomic E-state index is -0.628. The summed E-state index contributed by atoms with van der Waals surface area (Å²) in [6.45, 7) is 3.78. The van der Waals surface area contributed by atoms with Crippen molar-refractivity contribution in [3.63, 3.8) is 0 Å². The normalized spacial score (nSPS) is 14.9. The fourth-order valence-corrected chi connectivity index (χ4v) is 1.51. The second-order valence-electron chi connectivity index (χ2n) is 3.68. The Balaban J connectivity index is 2.85. The summed E-state index contributed by atoms with van der Waals surface area (Å²) in [5.41, 5.74) is 0.728. The molecule has 1 N–H and O–H groups in total. The van der Waals surface area contributed by atoms with Crippen molar-refractivity contribution >= 4 is 5.69 Å². The molecule has 0 bridgehead atoms. The van der Waals surface area contributed by atoms with E-state index in [0.717, 1.165) is 0 Å². The number of aliphatic hydroxyl groups excluding tert-OH is 1. The summed E-state index contributed by atoms with van der Waals surface area (Å²) in [5, 5.41) is 20.4. The highest BCUT2D eigenvalue weighted by Gasteiger charge is 2.14. The summed E-state index contributed by atoms with van der Waals surface area (Å²) in [6, 6.07) is 5.98. The van der Waals surface area contributed by atoms with Crippen molar-refractivity contribution in [2.24, 2.45) is 5.92 Å². The van der Waals surface area contributed by atoms with Crippen LogP contribution in [0.3, 0.4) is 0 Å². The molecular formula is C12H15NO3. The molecule has 0 saturated carbocycles. The van der Waals surface area contributed by atoms with Crippen LogP contribution in [0.5, 0.6) is 0 Å². The molecule has 86 valence electrons. The minimum Gasteiger partial charge on any atom is -0.388 e. The Morgan fingerprint density at radius 2 is 1.94 bits per heavy atom. The molecule has 0 unspecified atom stereocenters. The van der Waals surface area contributed by atoms with Crippen molar-refractivity contribution in [3.8, 4) is 0 Å². The van der Waals surface area contributed by atoms with Gasteiger partial charge in [0.25, 0.3) is 5.69 Å². The van der Waals surface area contributed by atoms with E-state index in [9.17, 15) is 15.2 Å². The first-order valence-electron chi connectivity index (χ1n) is 5.11. The van der Waals surface area contributed by atoms with Gasteiger partial charge in [0.1, 0.15) is 0 Å². The van der Waals surface area contributed by atoms with E-state index in [2.05, 4.69) is 0 Å². The third kappa shape index (κ3) is 2.90. The molecule has 1 rings (SSSR count). The smallest absolute Gasteiger partial charge is 0.269 e. The van der Waals surface area contributed by atoms with Gasteiger partial charge in [-0.3, -0.25) is 10.1 Å². The number of hydrogen-bond acceptors (Lipinski definition) is 3. The maximum Gasteiger partial charge on any atom is 0.269 e. The SMILES string of the molecule is C/C=C\[C@H](C)[C@H](O)c1ccc([N+](=O)[O-])cc1. The van der Waals surface area contributed by atoms with Crippen molar-refractivity contribution < 1.29 is 10.0 Å². The van der Waals surface area contributed by atoms with Crippen LogP contribution in [-0.2, 0) is 0 Å². The number of nitro groups is 1. The van der Waals surface area contributed by atoms with Crippen molar-refractivity contribution in [1.82, 2.24) is 0 Å². The highest BCUT2D eigenvalue weighted by molar-refractivity contribution is 5.34. The fourth-order valence-electron chi connectivity index (χ4n) is 1.51. The second-order valence-corrected chi connectivity index (χ2v) is 3.68. The van der Waals surface area contributed by atoms with E-state index < -0.39 is 11.0 Å². The molecule has 16 heavy (non-hydrogen) atoms. The van der Waals surface area contributed by atoms with Crippen LogP contribution in [0.15, 0.2) is 36.4 Å². The van der Waals surface area contributed by atoms with Gasteiger partial charge in [-0.1, -0.05) is 19.1 Å². The number of aliphatic hydroxyl groups is 1. The van der Waals surface area contributed by atoms with E-state index in [1.165, 1.54) is 12.1 Å². The topological polar surface area (TPSA) is 63.4 Å². The zero-order valence-corrected chi connectivity index (χ0v) is 9.33. The standard InChI is InChI=1S/C12H15NO3/c1-3-4-9(2)12(14)10-5-7-11(8-6-10)13(15)16/h3-9,12,14H,1-2H3/b4-3-/t9-,12-/m0/s1. The molecular weight excluding hydrogens is 206 g/mol. The zero-order valence-electron chi connectivity index (χ0n) is 9.33. The second kappa shape index (κ2) is 5.42. The highest BCUT2D eigenvalue weighted by atomic mass is 16.6. The highest BCUT2D eigenvalue weighted by Crippen LogP contribution is 2.24. The van der Waals surface area contributed by atoms with Crippen LogP contribution >= 0.6 is 0 Å². The lowest BCUT2D eigenvalue weighted by molar-refractivity contribution is -0.384. The third-order valence-electron chi connectivity index (χ3n) is 2.44. The van der Waals surface area contributed by atoms with Crippen LogP contribution in [0.2, 0.25) is 0 Å². The number of hydrogen-bond donors (Lipinski definition) is 1. The van der Waals surface area contributed by atoms with E-state index in [1.54, 1.807) is 12.1 Å². The molecule has 0 aliphatic carbocycles. The fraction of sp³-hybridized carbons (Fsp3) is 0.333. The Morgan fingerprint density at radius 1 is 1.38 bits per heavy atom. The average Bonchev–Trinajstić information content (AvgIpc) is 2.28. The van der Waals surface area contributed by atoms with E-state index in [4.69, 9.17) is 0 Å². The van der Waals surface area contributed by atoms with Crippen molar-refractivity contribution in [2.45, 2.75) is 20.0 Å². The van der Waals surface area contributed by atoms with Crippen LogP contribution in [0.1, 0.15) is 25.5 Å². The van der Waals surface area contributed by atoms with Crippen molar-refractivity contribution in [3.05, 3.63) is 52.1 Å². The maximum absolute atomic E-state index is 10.5. The van der Waals surface area contributed by atoms with Crippen LogP contribution in [-0.4, -0.2) is 10.0 Å². The zero-order chi connectivity index (χ0) is 12.1. The Labute approximate surface area is 94.4 Å². The van der Waals surface area contributed by atoms with Gasteiger partial charge >= 0.3 is 0 Å². The molecule has 0 amide bonds. The lowest BCUT2D eigenvalue weighted by Crippen LogP contribution is -2.06. The van der Waals surface area contributed by atoms with Gasteiger partial charge in [-0.2, -0.15) is 0 Å². The Bertz CT molecular complexity index is 384. The third-order valence-corrected chi connectivity index (χ3v) is 2.44. The van der Waals surface area contributed by atoms with Crippen LogP contribution in [0.25, 0.3) is 0 Å². The monoisotopic (exact) mass is 221 g/mol. The van der Waals surface area contributed by atoms with E-state index >= 15 is 0 Å². The largest absolute Gasteiger partial charge is 0.388 e. The summed E-state index contributed by atoms with van der Waals surface area (Å²) < 4.78 is 0. The van der Waals surface area contributed by atoms with Crippen LogP contribution in [0.4, 0.5) is 5.69 Å². The molecule has 0 fully saturated rings. The Morgan fingerprint density at radius 3 is 2.38 bits per heavy atom. The van der Waals surface area contributed by atoms with Gasteiger partial charge in [-0.25, -0.2) is 0 Å². The molecule has 0 saturated heterocycles. The predicted molar refractivity (Wildman–Crippen MR) is 62.0 cm³/mol. The lowest BCUT2D eigenvalue weighted by Gasteiger charge is -2.15. The summed E-state index contributed by atoms with van der Waals surface area (Å²) in [7, 11) is 0. The number of non-ortho nitro benzene ring substituents is 1. The summed E-state index contributed by atoms with van der Waals surface area (Å²) >= 11 is 0. The lowest BCUT2D eigenvalue weighted by atomic mass is 9.97. The molecule has 4 heteroatoms. The van der Waals surface area contributed by atoms with E-state index in [-0.39, 0.29) is 11.6 Å². The molecule has 0 spiro atoms. The molecule has 1 aromatic carbocycles. The molecule has 0 aromatic heterocycles. The van der Waals surface area contributed by atoms with Gasteiger partial charge in [-0.05, 0) is 24.6 Å². The number of benzene rings is 1. The van der Waals surface area contributed by atoms with Crippen LogP contribution < -0.4 is 0 Å². The van der Waals surface area contributed by atoms with Gasteiger partial charge in [0.15, 0.2) is 0 Å². The number of allylic oxidation sites excluding steroid dienone is 1. The summed E-state index contributed by atoms with van der Waals surface area (Å²) in [5.74, 6) is -0.00791. The molecule has 0 heterocycles. The van der Waals surface area contributed by atoms with Gasteiger partial charge in [-0.15, -0.1) is 0 Å². The first-order valence-corrected chi connectivity index (χ1v) is 5.11. The van der Waals surface area contributed by atoms with E-state index in [1.807, 2.05) is 26.0 Å². The first-order chi connectivity index (χ1) is 7.56. The quantitative estimate of drug-likeness (QED) is 0.483. The number of rotatable bonds is 4. The van der Waals surface area contributed by atoms with Gasteiger partial charge in [0, 0.05) is 18.1 Å². The molecule has 1 aromatic rings. The van der Waals surface area contributed by atoms with Gasteiger partial charge < -0.3 is 5.11 Å². The Kier molecular flexibility index (Phi) is 4.19. The maximum atomic E-state index is 10.5. The molecule has 0 aliphatic heterocycles. The average molecular weight is 221 g/mol. The van der Waals surface area contributed by atoms with Crippen molar-refractivity contribution in [2.75, 3.05) is 0 Å². The van der Waals surface area contributed by atoms with Gasteiger partial charge in [0.2, 0.25) is 0 Å². The minimum absolute atomic E-state index is 0.00791. The van der Waals surface area contributed by atoms with Crippen LogP contribution in [0, 0.1) is 16.0 Å². The van der Waals surface area contributed by atoms with Gasteiger partial charge in [0.05, 0.1) is 11.0 Å². The Hall–Kier alpha value is -1.68. The summed E-state index contributed by atoms with van der Waals surface area (Å²) in [6.07, 6.45) is 3.14. The van der Waals surface area contributed by atoms with Crippen molar-refractivity contribution in [1.29, 1.82) is 0 Å². The molecule has 0 aliphatic rings. The summed E-state index contributed by atoms with van der Waals surface area (Å²) in [4.78, 5) is 10.00. The molecule has 2 atom stereocenters. The van der Waals surface area contributed by atoms with E-state index in [0.29, 0.717) is 5.56 Å². The number of nitro benzene ring substituents is 1. The first kappa shape index (κ1) is 12.4. The predicted octanol–water partition coefficient (Wildman–Crippen LogP) is 2.84. The molecule has 4 nitrogen and oxygen atoms in total. The number of nitrogens with zero attached hydrogens (tertiary/aromatic N) is 1.